The Morgan fingerprint density at radius 3 is 1.16 bits per heavy atom. The van der Waals surface area contributed by atoms with E-state index in [1.807, 2.05) is 41.5 Å². The SMILES string of the molecule is CCCCC(C)(C)COC(=O)CC(O)(CC(=O)OCC(C)(C)CCCC)C(=O)OCC(C)(C)CCCC. The molecular formula is C30H56O7. The molecule has 0 aliphatic heterocycles. The highest BCUT2D eigenvalue weighted by atomic mass is 16.6. The van der Waals surface area contributed by atoms with Gasteiger partial charge in [0.2, 0.25) is 0 Å². The van der Waals surface area contributed by atoms with Crippen LogP contribution in [0.5, 0.6) is 0 Å². The molecule has 37 heavy (non-hydrogen) atoms. The second-order valence-corrected chi connectivity index (χ2v) is 13.1. The Morgan fingerprint density at radius 2 is 0.865 bits per heavy atom. The Bertz CT molecular complexity index is 656. The third kappa shape index (κ3) is 16.0. The van der Waals surface area contributed by atoms with Crippen molar-refractivity contribution in [3.63, 3.8) is 0 Å². The second kappa shape index (κ2) is 16.4. The highest BCUT2D eigenvalue weighted by Crippen LogP contribution is 2.29. The Morgan fingerprint density at radius 1 is 0.568 bits per heavy atom. The van der Waals surface area contributed by atoms with Gasteiger partial charge >= 0.3 is 17.9 Å². The first-order chi connectivity index (χ1) is 17.0. The normalized spacial score (nSPS) is 12.8. The van der Waals surface area contributed by atoms with Crippen molar-refractivity contribution in [1.82, 2.24) is 0 Å². The Hall–Kier alpha value is -1.63. The molecule has 0 aromatic rings. The van der Waals surface area contributed by atoms with Crippen LogP contribution >= 0.6 is 0 Å². The quantitative estimate of drug-likeness (QED) is 0.137. The van der Waals surface area contributed by atoms with Crippen molar-refractivity contribution in [3.8, 4) is 0 Å². The zero-order valence-electron chi connectivity index (χ0n) is 25.3. The van der Waals surface area contributed by atoms with Crippen LogP contribution in [-0.2, 0) is 28.6 Å². The number of aliphatic hydroxyl groups is 1. The molecule has 218 valence electrons. The van der Waals surface area contributed by atoms with Gasteiger partial charge in [-0.3, -0.25) is 9.59 Å². The van der Waals surface area contributed by atoms with E-state index < -0.39 is 36.4 Å². The summed E-state index contributed by atoms with van der Waals surface area (Å²) in [5, 5.41) is 11.3. The number of carbonyl (C=O) groups is 3. The van der Waals surface area contributed by atoms with Crippen molar-refractivity contribution < 1.29 is 33.7 Å². The first-order valence-corrected chi connectivity index (χ1v) is 14.2. The molecule has 1 N–H and O–H groups in total. The standard InChI is InChI=1S/C30H56O7/c1-10-13-16-27(4,5)21-35-24(31)19-30(34,26(33)37-23-29(8,9)18-15-12-3)20-25(32)36-22-28(6,7)17-14-11-2/h34H,10-23H2,1-9H3. The summed E-state index contributed by atoms with van der Waals surface area (Å²) in [4.78, 5) is 38.5. The summed E-state index contributed by atoms with van der Waals surface area (Å²) in [6.07, 6.45) is 7.37. The van der Waals surface area contributed by atoms with Gasteiger partial charge in [-0.1, -0.05) is 101 Å². The zero-order valence-corrected chi connectivity index (χ0v) is 25.3. The first-order valence-electron chi connectivity index (χ1n) is 14.2. The molecule has 0 heterocycles. The third-order valence-corrected chi connectivity index (χ3v) is 6.72. The van der Waals surface area contributed by atoms with Crippen LogP contribution in [-0.4, -0.2) is 48.4 Å². The van der Waals surface area contributed by atoms with Gasteiger partial charge in [-0.2, -0.15) is 0 Å². The van der Waals surface area contributed by atoms with Crippen LogP contribution in [0, 0.1) is 16.2 Å². The average molecular weight is 529 g/mol. The number of unbranched alkanes of at least 4 members (excludes halogenated alkanes) is 3. The minimum atomic E-state index is -2.35. The highest BCUT2D eigenvalue weighted by molar-refractivity contribution is 5.90. The lowest BCUT2D eigenvalue weighted by Crippen LogP contribution is -2.46. The molecule has 0 rings (SSSR count). The molecule has 0 saturated carbocycles. The fraction of sp³-hybridized carbons (Fsp3) is 0.900. The van der Waals surface area contributed by atoms with Crippen LogP contribution in [0.4, 0.5) is 0 Å². The third-order valence-electron chi connectivity index (χ3n) is 6.72. The van der Waals surface area contributed by atoms with E-state index in [0.717, 1.165) is 57.8 Å². The van der Waals surface area contributed by atoms with Gasteiger partial charge in [0.25, 0.3) is 0 Å². The van der Waals surface area contributed by atoms with Crippen LogP contribution in [0.2, 0.25) is 0 Å². The molecule has 0 spiro atoms. The fourth-order valence-electron chi connectivity index (χ4n) is 3.92. The minimum Gasteiger partial charge on any atom is -0.465 e. The lowest BCUT2D eigenvalue weighted by molar-refractivity contribution is -0.181. The Kier molecular flexibility index (Phi) is 15.6. The molecule has 0 saturated heterocycles. The van der Waals surface area contributed by atoms with E-state index in [2.05, 4.69) is 20.8 Å². The molecule has 0 atom stereocenters. The van der Waals surface area contributed by atoms with Crippen LogP contribution in [0.25, 0.3) is 0 Å². The van der Waals surface area contributed by atoms with Gasteiger partial charge in [0.05, 0.1) is 32.7 Å². The minimum absolute atomic E-state index is 0.0757. The van der Waals surface area contributed by atoms with Crippen molar-refractivity contribution >= 4 is 17.9 Å². The number of ether oxygens (including phenoxy) is 3. The molecule has 0 amide bonds. The van der Waals surface area contributed by atoms with Crippen molar-refractivity contribution in [2.75, 3.05) is 19.8 Å². The number of esters is 3. The molecule has 0 unspecified atom stereocenters. The summed E-state index contributed by atoms with van der Waals surface area (Å²) >= 11 is 0. The van der Waals surface area contributed by atoms with Crippen molar-refractivity contribution in [3.05, 3.63) is 0 Å². The largest absolute Gasteiger partial charge is 0.465 e. The van der Waals surface area contributed by atoms with Crippen LogP contribution in [0.1, 0.15) is 133 Å². The Balaban J connectivity index is 5.40. The molecular weight excluding hydrogens is 472 g/mol. The smallest absolute Gasteiger partial charge is 0.339 e. The lowest BCUT2D eigenvalue weighted by Gasteiger charge is -2.30. The summed E-state index contributed by atoms with van der Waals surface area (Å²) in [6, 6.07) is 0. The van der Waals surface area contributed by atoms with E-state index >= 15 is 0 Å². The highest BCUT2D eigenvalue weighted by Gasteiger charge is 2.44. The van der Waals surface area contributed by atoms with Gasteiger partial charge in [0.1, 0.15) is 0 Å². The summed E-state index contributed by atoms with van der Waals surface area (Å²) in [5.41, 5.74) is -3.09. The topological polar surface area (TPSA) is 99.1 Å². The van der Waals surface area contributed by atoms with Crippen LogP contribution < -0.4 is 0 Å². The molecule has 0 aromatic carbocycles. The van der Waals surface area contributed by atoms with E-state index in [9.17, 15) is 19.5 Å². The van der Waals surface area contributed by atoms with Crippen molar-refractivity contribution in [1.29, 1.82) is 0 Å². The number of rotatable bonds is 20. The number of hydrogen-bond donors (Lipinski definition) is 1. The van der Waals surface area contributed by atoms with E-state index in [-0.39, 0.29) is 36.1 Å². The van der Waals surface area contributed by atoms with Gasteiger partial charge in [-0.15, -0.1) is 0 Å². The maximum absolute atomic E-state index is 13.1. The van der Waals surface area contributed by atoms with Crippen molar-refractivity contribution in [2.45, 2.75) is 139 Å². The molecule has 7 heteroatoms. The fourth-order valence-corrected chi connectivity index (χ4v) is 3.92. The molecule has 0 aliphatic carbocycles. The summed E-state index contributed by atoms with van der Waals surface area (Å²) in [6.45, 7) is 18.7. The lowest BCUT2D eigenvalue weighted by atomic mass is 9.88. The van der Waals surface area contributed by atoms with Crippen molar-refractivity contribution in [2.24, 2.45) is 16.2 Å². The Labute approximate surface area is 226 Å². The average Bonchev–Trinajstić information content (AvgIpc) is 2.81. The molecule has 7 nitrogen and oxygen atoms in total. The maximum Gasteiger partial charge on any atom is 0.339 e. The molecule has 0 bridgehead atoms. The predicted molar refractivity (Wildman–Crippen MR) is 147 cm³/mol. The van der Waals surface area contributed by atoms with Gasteiger partial charge in [-0.05, 0) is 35.5 Å². The van der Waals surface area contributed by atoms with Crippen LogP contribution in [0.15, 0.2) is 0 Å². The first kappa shape index (κ1) is 35.4. The van der Waals surface area contributed by atoms with E-state index in [0.29, 0.717) is 0 Å². The van der Waals surface area contributed by atoms with E-state index in [4.69, 9.17) is 14.2 Å². The monoisotopic (exact) mass is 528 g/mol. The summed E-state index contributed by atoms with van der Waals surface area (Å²) in [5.74, 6) is -2.49. The second-order valence-electron chi connectivity index (χ2n) is 13.1. The molecule has 0 aliphatic rings. The van der Waals surface area contributed by atoms with Gasteiger partial charge in [-0.25, -0.2) is 4.79 Å². The maximum atomic E-state index is 13.1. The molecule has 0 radical (unpaired) electrons. The molecule has 0 aromatic heterocycles. The predicted octanol–water partition coefficient (Wildman–Crippen LogP) is 6.78. The summed E-state index contributed by atoms with van der Waals surface area (Å²) < 4.78 is 16.3. The van der Waals surface area contributed by atoms with E-state index in [1.54, 1.807) is 0 Å². The van der Waals surface area contributed by atoms with Crippen LogP contribution in [0.3, 0.4) is 0 Å². The summed E-state index contributed by atoms with van der Waals surface area (Å²) in [7, 11) is 0. The van der Waals surface area contributed by atoms with Gasteiger partial charge in [0, 0.05) is 0 Å². The van der Waals surface area contributed by atoms with E-state index in [1.165, 1.54) is 0 Å². The van der Waals surface area contributed by atoms with Gasteiger partial charge in [0.15, 0.2) is 5.60 Å². The van der Waals surface area contributed by atoms with Gasteiger partial charge < -0.3 is 19.3 Å². The number of carbonyl (C=O) groups excluding carboxylic acids is 3. The number of hydrogen-bond acceptors (Lipinski definition) is 7. The zero-order chi connectivity index (χ0) is 28.8. The molecule has 0 fully saturated rings.